The summed E-state index contributed by atoms with van der Waals surface area (Å²) in [6, 6.07) is 15.7. The second-order valence-electron chi connectivity index (χ2n) is 3.37. The Morgan fingerprint density at radius 3 is 2.18 bits per heavy atom. The summed E-state index contributed by atoms with van der Waals surface area (Å²) >= 11 is 0. The fraction of sp³-hybridized carbons (Fsp3) is 0.143. The van der Waals surface area contributed by atoms with Crippen LogP contribution in [0.5, 0.6) is 23.0 Å². The van der Waals surface area contributed by atoms with E-state index >= 15 is 0 Å². The lowest BCUT2D eigenvalue weighted by atomic mass is 10.3. The van der Waals surface area contributed by atoms with Gasteiger partial charge in [0.2, 0.25) is 0 Å². The molecule has 0 saturated heterocycles. The van der Waals surface area contributed by atoms with Crippen molar-refractivity contribution in [3.8, 4) is 23.0 Å². The van der Waals surface area contributed by atoms with Crippen LogP contribution >= 0.6 is 0 Å². The minimum atomic E-state index is 0.649. The first kappa shape index (κ1) is 11.3. The fourth-order valence-corrected chi connectivity index (χ4v) is 1.39. The molecule has 0 aliphatic carbocycles. The van der Waals surface area contributed by atoms with E-state index in [2.05, 4.69) is 6.07 Å². The van der Waals surface area contributed by atoms with Crippen molar-refractivity contribution in [1.29, 1.82) is 0 Å². The highest BCUT2D eigenvalue weighted by Gasteiger charge is 1.99. The number of benzene rings is 2. The van der Waals surface area contributed by atoms with E-state index in [1.54, 1.807) is 26.4 Å². The van der Waals surface area contributed by atoms with Crippen molar-refractivity contribution in [2.45, 2.75) is 0 Å². The standard InChI is InChI=1S/C14H13O3/c1-15-11-6-8-12(9-7-11)17-14-5-3-4-13(10-14)16-2/h3,5-10H,1-2H3. The third-order valence-corrected chi connectivity index (χ3v) is 2.26. The van der Waals surface area contributed by atoms with Gasteiger partial charge in [0.25, 0.3) is 0 Å². The average molecular weight is 229 g/mol. The molecule has 0 aliphatic rings. The predicted octanol–water partition coefficient (Wildman–Crippen LogP) is 3.30. The number of hydrogen-bond acceptors (Lipinski definition) is 3. The molecule has 0 heterocycles. The van der Waals surface area contributed by atoms with Gasteiger partial charge in [-0.1, -0.05) is 0 Å². The van der Waals surface area contributed by atoms with Crippen LogP contribution in [-0.4, -0.2) is 14.2 Å². The molecule has 2 aromatic rings. The van der Waals surface area contributed by atoms with Crippen LogP contribution < -0.4 is 14.2 Å². The molecule has 17 heavy (non-hydrogen) atoms. The van der Waals surface area contributed by atoms with Crippen molar-refractivity contribution in [2.24, 2.45) is 0 Å². The van der Waals surface area contributed by atoms with E-state index in [1.807, 2.05) is 30.3 Å². The monoisotopic (exact) mass is 229 g/mol. The molecule has 0 N–H and O–H groups in total. The van der Waals surface area contributed by atoms with E-state index in [4.69, 9.17) is 14.2 Å². The molecule has 0 bridgehead atoms. The highest BCUT2D eigenvalue weighted by Crippen LogP contribution is 2.26. The molecule has 0 spiro atoms. The molecule has 1 radical (unpaired) electrons. The Balaban J connectivity index is 2.13. The minimum absolute atomic E-state index is 0.649. The van der Waals surface area contributed by atoms with Gasteiger partial charge >= 0.3 is 0 Å². The lowest BCUT2D eigenvalue weighted by Crippen LogP contribution is -1.87. The van der Waals surface area contributed by atoms with Crippen molar-refractivity contribution in [3.63, 3.8) is 0 Å². The third kappa shape index (κ3) is 2.91. The van der Waals surface area contributed by atoms with Gasteiger partial charge in [-0.3, -0.25) is 0 Å². The van der Waals surface area contributed by atoms with Crippen LogP contribution in [0.15, 0.2) is 42.5 Å². The molecular formula is C14H13O3. The molecule has 0 atom stereocenters. The van der Waals surface area contributed by atoms with Crippen LogP contribution in [0.2, 0.25) is 0 Å². The molecule has 0 saturated carbocycles. The Bertz CT molecular complexity index is 477. The molecule has 0 amide bonds. The average Bonchev–Trinajstić information content (AvgIpc) is 2.40. The summed E-state index contributed by atoms with van der Waals surface area (Å²) in [7, 11) is 3.23. The van der Waals surface area contributed by atoms with Crippen molar-refractivity contribution in [2.75, 3.05) is 14.2 Å². The van der Waals surface area contributed by atoms with Crippen LogP contribution in [0.4, 0.5) is 0 Å². The normalized spacial score (nSPS) is 9.76. The number of hydrogen-bond donors (Lipinski definition) is 0. The quantitative estimate of drug-likeness (QED) is 0.805. The summed E-state index contributed by atoms with van der Waals surface area (Å²) < 4.78 is 15.8. The molecule has 0 fully saturated rings. The molecule has 0 aromatic heterocycles. The molecule has 87 valence electrons. The Hall–Kier alpha value is -2.16. The Morgan fingerprint density at radius 2 is 1.53 bits per heavy atom. The summed E-state index contributed by atoms with van der Waals surface area (Å²) in [5, 5.41) is 0. The van der Waals surface area contributed by atoms with E-state index in [0.29, 0.717) is 11.5 Å². The maximum Gasteiger partial charge on any atom is 0.131 e. The van der Waals surface area contributed by atoms with Crippen molar-refractivity contribution >= 4 is 0 Å². The number of rotatable bonds is 4. The second kappa shape index (κ2) is 5.25. The highest BCUT2D eigenvalue weighted by atomic mass is 16.5. The van der Waals surface area contributed by atoms with Gasteiger partial charge in [0, 0.05) is 12.1 Å². The summed E-state index contributed by atoms with van der Waals surface area (Å²) in [5.41, 5.74) is 0. The van der Waals surface area contributed by atoms with Crippen LogP contribution in [0.25, 0.3) is 0 Å². The zero-order valence-electron chi connectivity index (χ0n) is 9.77. The highest BCUT2D eigenvalue weighted by molar-refractivity contribution is 5.38. The van der Waals surface area contributed by atoms with Gasteiger partial charge in [-0.25, -0.2) is 0 Å². The maximum atomic E-state index is 5.66. The van der Waals surface area contributed by atoms with Gasteiger partial charge in [-0.05, 0) is 36.4 Å². The second-order valence-corrected chi connectivity index (χ2v) is 3.37. The zero-order valence-corrected chi connectivity index (χ0v) is 9.77. The fourth-order valence-electron chi connectivity index (χ4n) is 1.39. The first-order valence-corrected chi connectivity index (χ1v) is 5.19. The molecule has 3 heteroatoms. The van der Waals surface area contributed by atoms with Crippen molar-refractivity contribution < 1.29 is 14.2 Å². The Morgan fingerprint density at radius 1 is 0.824 bits per heavy atom. The predicted molar refractivity (Wildman–Crippen MR) is 64.9 cm³/mol. The van der Waals surface area contributed by atoms with E-state index in [9.17, 15) is 0 Å². The third-order valence-electron chi connectivity index (χ3n) is 2.26. The molecular weight excluding hydrogens is 216 g/mol. The largest absolute Gasteiger partial charge is 0.497 e. The van der Waals surface area contributed by atoms with Gasteiger partial charge in [-0.2, -0.15) is 0 Å². The lowest BCUT2D eigenvalue weighted by molar-refractivity contribution is 0.406. The Labute approximate surface area is 101 Å². The summed E-state index contributed by atoms with van der Waals surface area (Å²) in [5.74, 6) is 2.91. The summed E-state index contributed by atoms with van der Waals surface area (Å²) in [4.78, 5) is 0. The minimum Gasteiger partial charge on any atom is -0.497 e. The number of methoxy groups -OCH3 is 2. The van der Waals surface area contributed by atoms with Crippen LogP contribution in [-0.2, 0) is 0 Å². The van der Waals surface area contributed by atoms with Gasteiger partial charge in [0.15, 0.2) is 0 Å². The topological polar surface area (TPSA) is 27.7 Å². The molecule has 0 aliphatic heterocycles. The summed E-state index contributed by atoms with van der Waals surface area (Å²) in [6.07, 6.45) is 0. The van der Waals surface area contributed by atoms with Crippen molar-refractivity contribution in [1.82, 2.24) is 0 Å². The molecule has 3 nitrogen and oxygen atoms in total. The number of ether oxygens (including phenoxy) is 3. The van der Waals surface area contributed by atoms with E-state index in [1.165, 1.54) is 0 Å². The van der Waals surface area contributed by atoms with E-state index in [0.717, 1.165) is 11.5 Å². The van der Waals surface area contributed by atoms with Crippen molar-refractivity contribution in [3.05, 3.63) is 48.5 Å². The van der Waals surface area contributed by atoms with Gasteiger partial charge in [-0.15, -0.1) is 0 Å². The van der Waals surface area contributed by atoms with Crippen LogP contribution in [0.3, 0.4) is 0 Å². The van der Waals surface area contributed by atoms with Gasteiger partial charge < -0.3 is 14.2 Å². The molecule has 2 rings (SSSR count). The maximum absolute atomic E-state index is 5.66. The first-order valence-electron chi connectivity index (χ1n) is 5.19. The Kier molecular flexibility index (Phi) is 3.50. The van der Waals surface area contributed by atoms with Gasteiger partial charge in [0.1, 0.15) is 23.0 Å². The summed E-state index contributed by atoms with van der Waals surface area (Å²) in [6.45, 7) is 0. The van der Waals surface area contributed by atoms with E-state index < -0.39 is 0 Å². The molecule has 2 aromatic carbocycles. The first-order chi connectivity index (χ1) is 8.31. The lowest BCUT2D eigenvalue weighted by Gasteiger charge is -2.07. The smallest absolute Gasteiger partial charge is 0.131 e. The SMILES string of the molecule is COc1[c]ccc(Oc2ccc(OC)cc2)c1. The molecule has 0 unspecified atom stereocenters. The zero-order chi connectivity index (χ0) is 12.1. The van der Waals surface area contributed by atoms with E-state index in [-0.39, 0.29) is 0 Å². The van der Waals surface area contributed by atoms with Gasteiger partial charge in [0.05, 0.1) is 14.2 Å². The van der Waals surface area contributed by atoms with Crippen LogP contribution in [0, 0.1) is 6.07 Å². The van der Waals surface area contributed by atoms with Crippen LogP contribution in [0.1, 0.15) is 0 Å².